The number of carboxylic acids is 1. The molecule has 1 aromatic heterocycles. The van der Waals surface area contributed by atoms with Gasteiger partial charge < -0.3 is 10.4 Å². The highest BCUT2D eigenvalue weighted by atomic mass is 79.9. The first kappa shape index (κ1) is 15.2. The molecule has 1 rings (SSSR count). The van der Waals surface area contributed by atoms with Crippen molar-refractivity contribution in [3.05, 3.63) is 20.8 Å². The molecule has 1 aromatic rings. The molecule has 1 unspecified atom stereocenters. The smallest absolute Gasteiger partial charge is 0.326 e. The summed E-state index contributed by atoms with van der Waals surface area (Å²) >= 11 is 4.80. The lowest BCUT2D eigenvalue weighted by atomic mass is 10.0. The number of halogens is 1. The molecule has 1 heterocycles. The Hall–Kier alpha value is -0.880. The zero-order valence-electron chi connectivity index (χ0n) is 10.3. The number of thiophene rings is 1. The van der Waals surface area contributed by atoms with Crippen molar-refractivity contribution < 1.29 is 14.7 Å². The van der Waals surface area contributed by atoms with E-state index in [1.54, 1.807) is 0 Å². The average molecular weight is 334 g/mol. The maximum Gasteiger partial charge on any atom is 0.326 e. The van der Waals surface area contributed by atoms with Crippen molar-refractivity contribution in [1.29, 1.82) is 0 Å². The Morgan fingerprint density at radius 3 is 2.56 bits per heavy atom. The lowest BCUT2D eigenvalue weighted by Crippen LogP contribution is -2.42. The molecule has 0 fully saturated rings. The second-order valence-corrected chi connectivity index (χ2v) is 7.02. The number of carbonyl (C=O) groups is 2. The van der Waals surface area contributed by atoms with Gasteiger partial charge in [0.1, 0.15) is 6.04 Å². The summed E-state index contributed by atoms with van der Waals surface area (Å²) in [7, 11) is 0. The molecule has 18 heavy (non-hydrogen) atoms. The van der Waals surface area contributed by atoms with Gasteiger partial charge in [-0.15, -0.1) is 11.3 Å². The fraction of sp³-hybridized carbons (Fsp3) is 0.500. The van der Waals surface area contributed by atoms with Crippen LogP contribution in [0.25, 0.3) is 0 Å². The first-order chi connectivity index (χ1) is 8.38. The Balaban J connectivity index is 2.53. The van der Waals surface area contributed by atoms with E-state index in [0.29, 0.717) is 6.42 Å². The van der Waals surface area contributed by atoms with Crippen LogP contribution in [0.4, 0.5) is 0 Å². The van der Waals surface area contributed by atoms with Crippen molar-refractivity contribution in [3.8, 4) is 0 Å². The van der Waals surface area contributed by atoms with Gasteiger partial charge in [-0.3, -0.25) is 4.79 Å². The molecular weight excluding hydrogens is 318 g/mol. The third-order valence-electron chi connectivity index (χ3n) is 2.30. The van der Waals surface area contributed by atoms with E-state index in [0.717, 1.165) is 8.66 Å². The normalized spacial score (nSPS) is 12.4. The van der Waals surface area contributed by atoms with Crippen LogP contribution in [-0.4, -0.2) is 23.0 Å². The van der Waals surface area contributed by atoms with Crippen LogP contribution in [0.5, 0.6) is 0 Å². The Bertz CT molecular complexity index is 431. The summed E-state index contributed by atoms with van der Waals surface area (Å²) < 4.78 is 0.960. The highest BCUT2D eigenvalue weighted by molar-refractivity contribution is 9.11. The number of rotatable bonds is 6. The molecule has 1 atom stereocenters. The molecule has 4 nitrogen and oxygen atoms in total. The van der Waals surface area contributed by atoms with Crippen LogP contribution >= 0.6 is 27.3 Å². The van der Waals surface area contributed by atoms with Crippen molar-refractivity contribution in [2.24, 2.45) is 5.92 Å². The van der Waals surface area contributed by atoms with E-state index < -0.39 is 12.0 Å². The molecule has 0 bridgehead atoms. The second kappa shape index (κ2) is 6.89. The van der Waals surface area contributed by atoms with Crippen molar-refractivity contribution in [3.63, 3.8) is 0 Å². The second-order valence-electron chi connectivity index (χ2n) is 4.47. The Kier molecular flexibility index (Phi) is 5.81. The van der Waals surface area contributed by atoms with Gasteiger partial charge >= 0.3 is 5.97 Å². The summed E-state index contributed by atoms with van der Waals surface area (Å²) in [5.74, 6) is -1.01. The monoisotopic (exact) mass is 333 g/mol. The number of carbonyl (C=O) groups excluding carboxylic acids is 1. The predicted molar refractivity (Wildman–Crippen MR) is 74.7 cm³/mol. The zero-order chi connectivity index (χ0) is 13.7. The van der Waals surface area contributed by atoms with E-state index >= 15 is 0 Å². The van der Waals surface area contributed by atoms with Gasteiger partial charge in [-0.25, -0.2) is 4.79 Å². The van der Waals surface area contributed by atoms with E-state index in [9.17, 15) is 9.59 Å². The fourth-order valence-electron chi connectivity index (χ4n) is 1.54. The molecule has 0 aliphatic carbocycles. The molecule has 0 aliphatic rings. The molecule has 1 amide bonds. The molecule has 100 valence electrons. The number of hydrogen-bond acceptors (Lipinski definition) is 3. The summed E-state index contributed by atoms with van der Waals surface area (Å²) in [4.78, 5) is 23.7. The Morgan fingerprint density at radius 2 is 2.11 bits per heavy atom. The number of nitrogens with one attached hydrogen (secondary N) is 1. The number of amides is 1. The van der Waals surface area contributed by atoms with Crippen molar-refractivity contribution >= 4 is 39.1 Å². The van der Waals surface area contributed by atoms with E-state index in [-0.39, 0.29) is 18.2 Å². The number of carboxylic acid groups (broad SMARTS) is 1. The highest BCUT2D eigenvalue weighted by Gasteiger charge is 2.21. The van der Waals surface area contributed by atoms with Crippen molar-refractivity contribution in [2.75, 3.05) is 0 Å². The van der Waals surface area contributed by atoms with E-state index in [1.807, 2.05) is 26.0 Å². The van der Waals surface area contributed by atoms with Gasteiger partial charge in [-0.1, -0.05) is 13.8 Å². The van der Waals surface area contributed by atoms with Gasteiger partial charge in [0.2, 0.25) is 5.91 Å². The summed E-state index contributed by atoms with van der Waals surface area (Å²) in [6, 6.07) is 2.92. The van der Waals surface area contributed by atoms with Crippen molar-refractivity contribution in [2.45, 2.75) is 32.7 Å². The predicted octanol–water partition coefficient (Wildman–Crippen LogP) is 2.67. The number of aliphatic carboxylic acids is 1. The van der Waals surface area contributed by atoms with Gasteiger partial charge in [-0.05, 0) is 40.4 Å². The third kappa shape index (κ3) is 5.18. The first-order valence-corrected chi connectivity index (χ1v) is 7.25. The van der Waals surface area contributed by atoms with Crippen LogP contribution < -0.4 is 5.32 Å². The minimum absolute atomic E-state index is 0.220. The maximum atomic E-state index is 11.7. The van der Waals surface area contributed by atoms with Crippen molar-refractivity contribution in [1.82, 2.24) is 5.32 Å². The molecule has 0 saturated carbocycles. The van der Waals surface area contributed by atoms with Crippen LogP contribution in [-0.2, 0) is 16.0 Å². The molecule has 0 spiro atoms. The summed E-state index contributed by atoms with van der Waals surface area (Å²) in [5.41, 5.74) is 0. The minimum Gasteiger partial charge on any atom is -0.480 e. The number of hydrogen-bond donors (Lipinski definition) is 2. The van der Waals surface area contributed by atoms with E-state index in [1.165, 1.54) is 11.3 Å². The first-order valence-electron chi connectivity index (χ1n) is 5.65. The lowest BCUT2D eigenvalue weighted by Gasteiger charge is -2.16. The third-order valence-corrected chi connectivity index (χ3v) is 3.93. The van der Waals surface area contributed by atoms with Gasteiger partial charge in [0, 0.05) is 4.88 Å². The van der Waals surface area contributed by atoms with E-state index in [4.69, 9.17) is 5.11 Å². The lowest BCUT2D eigenvalue weighted by molar-refractivity contribution is -0.142. The Labute approximate surface area is 119 Å². The molecule has 6 heteroatoms. The van der Waals surface area contributed by atoms with Crippen LogP contribution in [0, 0.1) is 5.92 Å². The average Bonchev–Trinajstić information content (AvgIpc) is 2.62. The molecule has 2 N–H and O–H groups in total. The van der Waals surface area contributed by atoms with Crippen LogP contribution in [0.15, 0.2) is 15.9 Å². The quantitative estimate of drug-likeness (QED) is 0.841. The summed E-state index contributed by atoms with van der Waals surface area (Å²) in [6.07, 6.45) is 0.660. The van der Waals surface area contributed by atoms with Gasteiger partial charge in [0.15, 0.2) is 0 Å². The van der Waals surface area contributed by atoms with Crippen LogP contribution in [0.2, 0.25) is 0 Å². The highest BCUT2D eigenvalue weighted by Crippen LogP contribution is 2.22. The minimum atomic E-state index is -0.982. The maximum absolute atomic E-state index is 11.7. The molecule has 0 radical (unpaired) electrons. The summed E-state index contributed by atoms with van der Waals surface area (Å²) in [6.45, 7) is 3.86. The largest absolute Gasteiger partial charge is 0.480 e. The summed E-state index contributed by atoms with van der Waals surface area (Å²) in [5, 5.41) is 11.6. The van der Waals surface area contributed by atoms with E-state index in [2.05, 4.69) is 21.2 Å². The molecular formula is C12H16BrNO3S. The topological polar surface area (TPSA) is 66.4 Å². The fourth-order valence-corrected chi connectivity index (χ4v) is 3.03. The molecule has 0 saturated heterocycles. The SMILES string of the molecule is CC(C)CC(NC(=O)Cc1ccc(Br)s1)C(=O)O. The van der Waals surface area contributed by atoms with Gasteiger partial charge in [0.25, 0.3) is 0 Å². The molecule has 0 aromatic carbocycles. The Morgan fingerprint density at radius 1 is 1.44 bits per heavy atom. The molecule has 0 aliphatic heterocycles. The standard InChI is InChI=1S/C12H16BrNO3S/c1-7(2)5-9(12(16)17)14-11(15)6-8-3-4-10(13)18-8/h3-4,7,9H,5-6H2,1-2H3,(H,14,15)(H,16,17). The van der Waals surface area contributed by atoms with Gasteiger partial charge in [0.05, 0.1) is 10.2 Å². The zero-order valence-corrected chi connectivity index (χ0v) is 12.7. The van der Waals surface area contributed by atoms with Gasteiger partial charge in [-0.2, -0.15) is 0 Å². The van der Waals surface area contributed by atoms with Crippen LogP contribution in [0.3, 0.4) is 0 Å². The van der Waals surface area contributed by atoms with Crippen LogP contribution in [0.1, 0.15) is 25.1 Å².